The summed E-state index contributed by atoms with van der Waals surface area (Å²) in [6.07, 6.45) is 1.69. The lowest BCUT2D eigenvalue weighted by molar-refractivity contribution is 0.0697. The van der Waals surface area contributed by atoms with E-state index >= 15 is 0 Å². The van der Waals surface area contributed by atoms with Crippen molar-refractivity contribution in [2.75, 3.05) is 0 Å². The maximum absolute atomic E-state index is 10.7. The van der Waals surface area contributed by atoms with Gasteiger partial charge in [0.2, 0.25) is 0 Å². The zero-order valence-electron chi connectivity index (χ0n) is 9.12. The Morgan fingerprint density at radius 2 is 2.00 bits per heavy atom. The molecule has 4 nitrogen and oxygen atoms in total. The Morgan fingerprint density at radius 3 is 2.59 bits per heavy atom. The molecule has 0 atom stereocenters. The molecule has 5 heteroatoms. The fourth-order valence-corrected chi connectivity index (χ4v) is 2.12. The highest BCUT2D eigenvalue weighted by atomic mass is 32.2. The average Bonchev–Trinajstić information content (AvgIpc) is 2.29. The number of hydrogen-bond acceptors (Lipinski definition) is 4. The first kappa shape index (κ1) is 11.6. The van der Waals surface area contributed by atoms with Crippen LogP contribution in [0.15, 0.2) is 46.5 Å². The van der Waals surface area contributed by atoms with Crippen LogP contribution in [0.25, 0.3) is 0 Å². The number of aryl methyl sites for hydroxylation is 1. The SMILES string of the molecule is Cc1cnnc(Sc2ccc(C(=O)O)cc2)c1. The van der Waals surface area contributed by atoms with Gasteiger partial charge in [0.05, 0.1) is 11.8 Å². The highest BCUT2D eigenvalue weighted by Crippen LogP contribution is 2.25. The van der Waals surface area contributed by atoms with E-state index in [1.807, 2.05) is 13.0 Å². The summed E-state index contributed by atoms with van der Waals surface area (Å²) in [6, 6.07) is 8.61. The topological polar surface area (TPSA) is 63.1 Å². The summed E-state index contributed by atoms with van der Waals surface area (Å²) >= 11 is 1.46. The third-order valence-electron chi connectivity index (χ3n) is 2.09. The lowest BCUT2D eigenvalue weighted by atomic mass is 10.2. The second kappa shape index (κ2) is 4.97. The number of carboxylic acid groups (broad SMARTS) is 1. The Kier molecular flexibility index (Phi) is 3.39. The first-order valence-electron chi connectivity index (χ1n) is 4.96. The largest absolute Gasteiger partial charge is 0.478 e. The Labute approximate surface area is 103 Å². The second-order valence-electron chi connectivity index (χ2n) is 3.50. The monoisotopic (exact) mass is 246 g/mol. The number of aromatic nitrogens is 2. The highest BCUT2D eigenvalue weighted by molar-refractivity contribution is 7.99. The van der Waals surface area contributed by atoms with E-state index in [4.69, 9.17) is 5.11 Å². The molecule has 2 rings (SSSR count). The van der Waals surface area contributed by atoms with Crippen LogP contribution in [0.2, 0.25) is 0 Å². The van der Waals surface area contributed by atoms with Crippen LogP contribution in [0.4, 0.5) is 0 Å². The van der Waals surface area contributed by atoms with Crippen molar-refractivity contribution in [2.45, 2.75) is 16.8 Å². The van der Waals surface area contributed by atoms with Crippen molar-refractivity contribution in [3.8, 4) is 0 Å². The van der Waals surface area contributed by atoms with Gasteiger partial charge in [-0.3, -0.25) is 0 Å². The third-order valence-corrected chi connectivity index (χ3v) is 3.01. The van der Waals surface area contributed by atoms with Gasteiger partial charge >= 0.3 is 5.97 Å². The molecule has 1 aromatic heterocycles. The molecule has 1 aromatic carbocycles. The number of aromatic carboxylic acids is 1. The fraction of sp³-hybridized carbons (Fsp3) is 0.0833. The van der Waals surface area contributed by atoms with Crippen LogP contribution >= 0.6 is 11.8 Å². The Bertz CT molecular complexity index is 540. The molecular weight excluding hydrogens is 236 g/mol. The van der Waals surface area contributed by atoms with Crippen molar-refractivity contribution in [3.05, 3.63) is 47.7 Å². The minimum absolute atomic E-state index is 0.282. The van der Waals surface area contributed by atoms with E-state index in [9.17, 15) is 4.79 Å². The molecular formula is C12H10N2O2S. The van der Waals surface area contributed by atoms with E-state index < -0.39 is 5.97 Å². The van der Waals surface area contributed by atoms with Gasteiger partial charge in [-0.1, -0.05) is 11.8 Å². The average molecular weight is 246 g/mol. The maximum Gasteiger partial charge on any atom is 0.335 e. The fourth-order valence-electron chi connectivity index (χ4n) is 1.27. The van der Waals surface area contributed by atoms with Crippen molar-refractivity contribution >= 4 is 17.7 Å². The molecule has 0 saturated carbocycles. The predicted octanol–water partition coefficient (Wildman–Crippen LogP) is 2.63. The molecule has 1 heterocycles. The molecule has 0 fully saturated rings. The second-order valence-corrected chi connectivity index (χ2v) is 4.60. The van der Waals surface area contributed by atoms with Crippen LogP contribution in [-0.4, -0.2) is 21.3 Å². The lowest BCUT2D eigenvalue weighted by Gasteiger charge is -2.01. The number of rotatable bonds is 3. The summed E-state index contributed by atoms with van der Waals surface area (Å²) in [5.74, 6) is -0.920. The van der Waals surface area contributed by atoms with Gasteiger partial charge in [-0.2, -0.15) is 5.10 Å². The number of nitrogens with zero attached hydrogens (tertiary/aromatic N) is 2. The molecule has 0 unspecified atom stereocenters. The minimum atomic E-state index is -0.920. The van der Waals surface area contributed by atoms with Gasteiger partial charge in [0.25, 0.3) is 0 Å². The summed E-state index contributed by atoms with van der Waals surface area (Å²) < 4.78 is 0. The molecule has 0 amide bonds. The van der Waals surface area contributed by atoms with Crippen LogP contribution in [0.5, 0.6) is 0 Å². The van der Waals surface area contributed by atoms with E-state index in [0.717, 1.165) is 15.5 Å². The third kappa shape index (κ3) is 3.04. The molecule has 2 aromatic rings. The molecule has 0 aliphatic rings. The Hall–Kier alpha value is -1.88. The van der Waals surface area contributed by atoms with Crippen molar-refractivity contribution < 1.29 is 9.90 Å². The molecule has 0 aliphatic carbocycles. The van der Waals surface area contributed by atoms with E-state index in [2.05, 4.69) is 10.2 Å². The normalized spacial score (nSPS) is 10.2. The van der Waals surface area contributed by atoms with Crippen LogP contribution < -0.4 is 0 Å². The van der Waals surface area contributed by atoms with Crippen molar-refractivity contribution in [1.82, 2.24) is 10.2 Å². The van der Waals surface area contributed by atoms with Crippen molar-refractivity contribution in [2.24, 2.45) is 0 Å². The number of benzene rings is 1. The standard InChI is InChI=1S/C12H10N2O2S/c1-8-6-11(14-13-7-8)17-10-4-2-9(3-5-10)12(15)16/h2-7H,1H3,(H,15,16). The van der Waals surface area contributed by atoms with E-state index in [1.54, 1.807) is 30.5 Å². The molecule has 0 saturated heterocycles. The van der Waals surface area contributed by atoms with Crippen LogP contribution in [0.1, 0.15) is 15.9 Å². The zero-order valence-corrected chi connectivity index (χ0v) is 9.94. The van der Waals surface area contributed by atoms with Crippen LogP contribution in [-0.2, 0) is 0 Å². The molecule has 0 spiro atoms. The van der Waals surface area contributed by atoms with Gasteiger partial charge in [0.15, 0.2) is 0 Å². The molecule has 0 radical (unpaired) electrons. The minimum Gasteiger partial charge on any atom is -0.478 e. The molecule has 0 aliphatic heterocycles. The molecule has 0 bridgehead atoms. The van der Waals surface area contributed by atoms with Crippen molar-refractivity contribution in [3.63, 3.8) is 0 Å². The summed E-state index contributed by atoms with van der Waals surface area (Å²) in [5.41, 5.74) is 1.33. The Morgan fingerprint density at radius 1 is 1.29 bits per heavy atom. The highest BCUT2D eigenvalue weighted by Gasteiger charge is 2.03. The van der Waals surface area contributed by atoms with E-state index in [-0.39, 0.29) is 5.56 Å². The first-order chi connectivity index (χ1) is 8.15. The van der Waals surface area contributed by atoms with Gasteiger partial charge in [-0.05, 0) is 42.8 Å². The number of hydrogen-bond donors (Lipinski definition) is 1. The first-order valence-corrected chi connectivity index (χ1v) is 5.77. The maximum atomic E-state index is 10.7. The lowest BCUT2D eigenvalue weighted by Crippen LogP contribution is -1.94. The quantitative estimate of drug-likeness (QED) is 0.902. The van der Waals surface area contributed by atoms with Gasteiger partial charge in [0.1, 0.15) is 5.03 Å². The van der Waals surface area contributed by atoms with Gasteiger partial charge < -0.3 is 5.11 Å². The van der Waals surface area contributed by atoms with Gasteiger partial charge in [-0.25, -0.2) is 4.79 Å². The summed E-state index contributed by atoms with van der Waals surface area (Å²) in [7, 11) is 0. The van der Waals surface area contributed by atoms with E-state index in [1.165, 1.54) is 11.8 Å². The summed E-state index contributed by atoms with van der Waals surface area (Å²) in [6.45, 7) is 1.95. The van der Waals surface area contributed by atoms with Crippen LogP contribution in [0.3, 0.4) is 0 Å². The van der Waals surface area contributed by atoms with Crippen molar-refractivity contribution in [1.29, 1.82) is 0 Å². The van der Waals surface area contributed by atoms with Gasteiger partial charge in [-0.15, -0.1) is 5.10 Å². The predicted molar refractivity (Wildman–Crippen MR) is 64.3 cm³/mol. The zero-order chi connectivity index (χ0) is 12.3. The van der Waals surface area contributed by atoms with Crippen LogP contribution in [0, 0.1) is 6.92 Å². The Balaban J connectivity index is 2.16. The number of carbonyl (C=O) groups is 1. The van der Waals surface area contributed by atoms with E-state index in [0.29, 0.717) is 0 Å². The van der Waals surface area contributed by atoms with Gasteiger partial charge in [0, 0.05) is 4.90 Å². The number of carboxylic acids is 1. The summed E-state index contributed by atoms with van der Waals surface area (Å²) in [4.78, 5) is 11.6. The smallest absolute Gasteiger partial charge is 0.335 e. The molecule has 17 heavy (non-hydrogen) atoms. The molecule has 1 N–H and O–H groups in total. The summed E-state index contributed by atoms with van der Waals surface area (Å²) in [5, 5.41) is 17.4. The molecule has 86 valence electrons.